The Morgan fingerprint density at radius 2 is 2.00 bits per heavy atom. The molecule has 1 aliphatic heterocycles. The molecule has 7 heteroatoms. The highest BCUT2D eigenvalue weighted by Crippen LogP contribution is 2.20. The van der Waals surface area contributed by atoms with Crippen LogP contribution < -0.4 is 9.64 Å². The summed E-state index contributed by atoms with van der Waals surface area (Å²) in [5.74, 6) is 1.37. The zero-order valence-electron chi connectivity index (χ0n) is 14.7. The van der Waals surface area contributed by atoms with Gasteiger partial charge in [-0.3, -0.25) is 4.79 Å². The van der Waals surface area contributed by atoms with E-state index in [1.54, 1.807) is 36.3 Å². The van der Waals surface area contributed by atoms with Crippen LogP contribution in [0.4, 0.5) is 5.82 Å². The van der Waals surface area contributed by atoms with Gasteiger partial charge in [0.2, 0.25) is 0 Å². The molecule has 1 saturated heterocycles. The van der Waals surface area contributed by atoms with E-state index in [0.29, 0.717) is 42.8 Å². The second-order valence-electron chi connectivity index (χ2n) is 6.00. The normalized spacial score (nSPS) is 14.2. The second kappa shape index (κ2) is 8.87. The SMILES string of the molecule is CN(CCOc1ccc(Cl)cc1)C(=O)c1cccnc1N1CCOCC1. The summed E-state index contributed by atoms with van der Waals surface area (Å²) in [7, 11) is 1.77. The van der Waals surface area contributed by atoms with Crippen molar-refractivity contribution in [3.05, 3.63) is 53.2 Å². The second-order valence-corrected chi connectivity index (χ2v) is 6.44. The van der Waals surface area contributed by atoms with Gasteiger partial charge in [0.25, 0.3) is 5.91 Å². The van der Waals surface area contributed by atoms with Gasteiger partial charge in [-0.05, 0) is 36.4 Å². The fourth-order valence-corrected chi connectivity index (χ4v) is 2.86. The molecule has 6 nitrogen and oxygen atoms in total. The molecule has 2 aromatic rings. The third-order valence-corrected chi connectivity index (χ3v) is 4.44. The van der Waals surface area contributed by atoms with Crippen LogP contribution in [0.2, 0.25) is 5.02 Å². The lowest BCUT2D eigenvalue weighted by Crippen LogP contribution is -2.39. The van der Waals surface area contributed by atoms with Gasteiger partial charge in [-0.25, -0.2) is 4.98 Å². The number of morpholine rings is 1. The molecule has 0 saturated carbocycles. The molecule has 1 aromatic heterocycles. The zero-order valence-corrected chi connectivity index (χ0v) is 15.5. The minimum atomic E-state index is -0.0701. The third-order valence-electron chi connectivity index (χ3n) is 4.18. The van der Waals surface area contributed by atoms with Gasteiger partial charge in [-0.1, -0.05) is 11.6 Å². The number of carbonyl (C=O) groups is 1. The molecule has 0 atom stereocenters. The Morgan fingerprint density at radius 3 is 2.73 bits per heavy atom. The number of amides is 1. The van der Waals surface area contributed by atoms with Crippen LogP contribution in [0, 0.1) is 0 Å². The number of ether oxygens (including phenoxy) is 2. The molecular formula is C19H22ClN3O3. The summed E-state index contributed by atoms with van der Waals surface area (Å²) < 4.78 is 11.1. The summed E-state index contributed by atoms with van der Waals surface area (Å²) in [6.45, 7) is 3.64. The number of likely N-dealkylation sites (N-methyl/N-ethyl adjacent to an activating group) is 1. The summed E-state index contributed by atoms with van der Waals surface area (Å²) in [5, 5.41) is 0.664. The lowest BCUT2D eigenvalue weighted by atomic mass is 10.2. The van der Waals surface area contributed by atoms with Gasteiger partial charge in [-0.2, -0.15) is 0 Å². The van der Waals surface area contributed by atoms with Crippen LogP contribution in [-0.4, -0.2) is 62.3 Å². The molecule has 2 heterocycles. The molecule has 138 valence electrons. The number of hydrogen-bond donors (Lipinski definition) is 0. The average molecular weight is 376 g/mol. The monoisotopic (exact) mass is 375 g/mol. The van der Waals surface area contributed by atoms with Crippen molar-refractivity contribution in [2.45, 2.75) is 0 Å². The molecule has 1 aromatic carbocycles. The van der Waals surface area contributed by atoms with E-state index < -0.39 is 0 Å². The molecule has 1 aliphatic rings. The van der Waals surface area contributed by atoms with Crippen LogP contribution in [-0.2, 0) is 4.74 Å². The van der Waals surface area contributed by atoms with Crippen LogP contribution in [0.3, 0.4) is 0 Å². The quantitative estimate of drug-likeness (QED) is 0.777. The van der Waals surface area contributed by atoms with Gasteiger partial charge < -0.3 is 19.3 Å². The van der Waals surface area contributed by atoms with Gasteiger partial charge in [-0.15, -0.1) is 0 Å². The van der Waals surface area contributed by atoms with E-state index in [2.05, 4.69) is 9.88 Å². The predicted octanol–water partition coefficient (Wildman–Crippen LogP) is 2.72. The summed E-state index contributed by atoms with van der Waals surface area (Å²) in [6, 6.07) is 10.8. The molecule has 0 radical (unpaired) electrons. The van der Waals surface area contributed by atoms with Crippen LogP contribution in [0.15, 0.2) is 42.6 Å². The lowest BCUT2D eigenvalue weighted by molar-refractivity contribution is 0.0772. The number of nitrogens with zero attached hydrogens (tertiary/aromatic N) is 3. The minimum Gasteiger partial charge on any atom is -0.492 e. The summed E-state index contributed by atoms with van der Waals surface area (Å²) in [6.07, 6.45) is 1.71. The first-order chi connectivity index (χ1) is 12.6. The highest BCUT2D eigenvalue weighted by atomic mass is 35.5. The van der Waals surface area contributed by atoms with Crippen molar-refractivity contribution in [2.75, 3.05) is 51.4 Å². The maximum absolute atomic E-state index is 12.9. The van der Waals surface area contributed by atoms with Crippen molar-refractivity contribution in [1.29, 1.82) is 0 Å². The molecule has 0 spiro atoms. The maximum atomic E-state index is 12.9. The molecule has 1 fully saturated rings. The summed E-state index contributed by atoms with van der Waals surface area (Å²) in [5.41, 5.74) is 0.600. The molecule has 0 N–H and O–H groups in total. The number of halogens is 1. The number of aromatic nitrogens is 1. The molecule has 0 aliphatic carbocycles. The Balaban J connectivity index is 1.60. The van der Waals surface area contributed by atoms with Crippen LogP contribution in [0.5, 0.6) is 5.75 Å². The zero-order chi connectivity index (χ0) is 18.4. The van der Waals surface area contributed by atoms with Crippen molar-refractivity contribution in [1.82, 2.24) is 9.88 Å². The molecule has 3 rings (SSSR count). The van der Waals surface area contributed by atoms with Gasteiger partial charge in [0.1, 0.15) is 18.2 Å². The Hall–Kier alpha value is -2.31. The fourth-order valence-electron chi connectivity index (χ4n) is 2.73. The molecule has 0 unspecified atom stereocenters. The largest absolute Gasteiger partial charge is 0.492 e. The van der Waals surface area contributed by atoms with Crippen LogP contribution in [0.1, 0.15) is 10.4 Å². The maximum Gasteiger partial charge on any atom is 0.257 e. The molecule has 26 heavy (non-hydrogen) atoms. The van der Waals surface area contributed by atoms with Crippen molar-refractivity contribution in [3.63, 3.8) is 0 Å². The van der Waals surface area contributed by atoms with E-state index in [1.165, 1.54) is 0 Å². The Kier molecular flexibility index (Phi) is 6.30. The highest BCUT2D eigenvalue weighted by Gasteiger charge is 2.22. The third kappa shape index (κ3) is 4.65. The first-order valence-corrected chi connectivity index (χ1v) is 8.94. The van der Waals surface area contributed by atoms with Crippen molar-refractivity contribution in [3.8, 4) is 5.75 Å². The first-order valence-electron chi connectivity index (χ1n) is 8.56. The molecular weight excluding hydrogens is 354 g/mol. The van der Waals surface area contributed by atoms with E-state index in [-0.39, 0.29) is 5.91 Å². The highest BCUT2D eigenvalue weighted by molar-refractivity contribution is 6.30. The summed E-state index contributed by atoms with van der Waals surface area (Å²) >= 11 is 5.86. The number of benzene rings is 1. The minimum absolute atomic E-state index is 0.0701. The van der Waals surface area contributed by atoms with Gasteiger partial charge in [0, 0.05) is 31.4 Å². The van der Waals surface area contributed by atoms with E-state index in [9.17, 15) is 4.79 Å². The average Bonchev–Trinajstić information content (AvgIpc) is 2.69. The predicted molar refractivity (Wildman–Crippen MR) is 101 cm³/mol. The standard InChI is InChI=1S/C19H22ClN3O3/c1-22(9-14-26-16-6-4-15(20)5-7-16)19(24)17-3-2-8-21-18(17)23-10-12-25-13-11-23/h2-8H,9-14H2,1H3. The van der Waals surface area contributed by atoms with Gasteiger partial charge in [0.05, 0.1) is 25.3 Å². The van der Waals surface area contributed by atoms with E-state index in [0.717, 1.165) is 18.8 Å². The number of anilines is 1. The fraction of sp³-hybridized carbons (Fsp3) is 0.368. The van der Waals surface area contributed by atoms with E-state index in [1.807, 2.05) is 18.2 Å². The number of pyridine rings is 1. The van der Waals surface area contributed by atoms with Crippen molar-refractivity contribution >= 4 is 23.3 Å². The topological polar surface area (TPSA) is 54.9 Å². The number of carbonyl (C=O) groups excluding carboxylic acids is 1. The lowest BCUT2D eigenvalue weighted by Gasteiger charge is -2.29. The Morgan fingerprint density at radius 1 is 1.27 bits per heavy atom. The first kappa shape index (κ1) is 18.5. The Labute approximate surface area is 158 Å². The van der Waals surface area contributed by atoms with Crippen LogP contribution >= 0.6 is 11.6 Å². The van der Waals surface area contributed by atoms with E-state index >= 15 is 0 Å². The van der Waals surface area contributed by atoms with Crippen molar-refractivity contribution < 1.29 is 14.3 Å². The van der Waals surface area contributed by atoms with Gasteiger partial charge in [0.15, 0.2) is 0 Å². The van der Waals surface area contributed by atoms with E-state index in [4.69, 9.17) is 21.1 Å². The molecule has 1 amide bonds. The van der Waals surface area contributed by atoms with Gasteiger partial charge >= 0.3 is 0 Å². The number of hydrogen-bond acceptors (Lipinski definition) is 5. The smallest absolute Gasteiger partial charge is 0.257 e. The molecule has 0 bridgehead atoms. The Bertz CT molecular complexity index is 733. The number of rotatable bonds is 6. The van der Waals surface area contributed by atoms with Crippen LogP contribution in [0.25, 0.3) is 0 Å². The summed E-state index contributed by atoms with van der Waals surface area (Å²) in [4.78, 5) is 21.0. The van der Waals surface area contributed by atoms with Crippen molar-refractivity contribution in [2.24, 2.45) is 0 Å².